The molecular weight excluding hydrogens is 148 g/mol. The Morgan fingerprint density at radius 1 is 1.00 bits per heavy atom. The molecule has 0 aliphatic rings. The molecular formula is C11H20O. The molecule has 0 aromatic rings. The fourth-order valence-electron chi connectivity index (χ4n) is 1.19. The van der Waals surface area contributed by atoms with Gasteiger partial charge in [0.2, 0.25) is 0 Å². The van der Waals surface area contributed by atoms with Crippen molar-refractivity contribution in [3.8, 4) is 0 Å². The summed E-state index contributed by atoms with van der Waals surface area (Å²) in [6.45, 7) is 2.23. The van der Waals surface area contributed by atoms with E-state index < -0.39 is 0 Å². The van der Waals surface area contributed by atoms with Gasteiger partial charge in [0, 0.05) is 0 Å². The first-order chi connectivity index (χ1) is 5.91. The molecule has 0 aromatic heterocycles. The summed E-state index contributed by atoms with van der Waals surface area (Å²) in [6, 6.07) is 0. The van der Waals surface area contributed by atoms with Gasteiger partial charge in [-0.15, -0.1) is 0 Å². The van der Waals surface area contributed by atoms with E-state index in [0.717, 1.165) is 12.7 Å². The van der Waals surface area contributed by atoms with E-state index in [9.17, 15) is 4.79 Å². The van der Waals surface area contributed by atoms with Crippen LogP contribution in [0.25, 0.3) is 0 Å². The minimum Gasteiger partial charge on any atom is -0.299 e. The zero-order chi connectivity index (χ0) is 9.07. The Balaban J connectivity index is 2.90. The number of rotatable bonds is 8. The summed E-state index contributed by atoms with van der Waals surface area (Å²) in [5.74, 6) is 0. The molecule has 12 heavy (non-hydrogen) atoms. The van der Waals surface area contributed by atoms with Gasteiger partial charge in [0.25, 0.3) is 0 Å². The standard InChI is InChI=1S/C11H20O/c1-2-3-4-5-6-7-8-9-10-11-12/h9-11H,2-8H2,1H3/b10-9+. The summed E-state index contributed by atoms with van der Waals surface area (Å²) in [7, 11) is 0. The van der Waals surface area contributed by atoms with E-state index in [1.807, 2.05) is 6.08 Å². The van der Waals surface area contributed by atoms with E-state index in [4.69, 9.17) is 0 Å². The van der Waals surface area contributed by atoms with Gasteiger partial charge in [-0.2, -0.15) is 0 Å². The lowest BCUT2D eigenvalue weighted by atomic mass is 10.1. The predicted octanol–water partition coefficient (Wildman–Crippen LogP) is 3.49. The van der Waals surface area contributed by atoms with Gasteiger partial charge in [0.05, 0.1) is 0 Å². The van der Waals surface area contributed by atoms with Crippen molar-refractivity contribution in [1.29, 1.82) is 0 Å². The Labute approximate surface area is 75.9 Å². The number of unbranched alkanes of at least 4 members (excludes halogenated alkanes) is 6. The lowest BCUT2D eigenvalue weighted by molar-refractivity contribution is -0.104. The highest BCUT2D eigenvalue weighted by atomic mass is 16.1. The van der Waals surface area contributed by atoms with Crippen molar-refractivity contribution >= 4 is 6.29 Å². The first kappa shape index (κ1) is 11.4. The van der Waals surface area contributed by atoms with Crippen LogP contribution in [0.5, 0.6) is 0 Å². The predicted molar refractivity (Wildman–Crippen MR) is 53.2 cm³/mol. The molecule has 0 unspecified atom stereocenters. The van der Waals surface area contributed by atoms with E-state index in [1.54, 1.807) is 6.08 Å². The van der Waals surface area contributed by atoms with Gasteiger partial charge < -0.3 is 0 Å². The van der Waals surface area contributed by atoms with Crippen LogP contribution in [0.2, 0.25) is 0 Å². The smallest absolute Gasteiger partial charge is 0.142 e. The third-order valence-corrected chi connectivity index (χ3v) is 1.94. The maximum Gasteiger partial charge on any atom is 0.142 e. The third-order valence-electron chi connectivity index (χ3n) is 1.94. The van der Waals surface area contributed by atoms with E-state index in [1.165, 1.54) is 38.5 Å². The molecule has 0 aliphatic carbocycles. The fourth-order valence-corrected chi connectivity index (χ4v) is 1.19. The van der Waals surface area contributed by atoms with Crippen LogP contribution in [0.4, 0.5) is 0 Å². The Bertz CT molecular complexity index is 116. The topological polar surface area (TPSA) is 17.1 Å². The van der Waals surface area contributed by atoms with Crippen LogP contribution < -0.4 is 0 Å². The average Bonchev–Trinajstić information content (AvgIpc) is 2.10. The van der Waals surface area contributed by atoms with Crippen molar-refractivity contribution < 1.29 is 4.79 Å². The summed E-state index contributed by atoms with van der Waals surface area (Å²) >= 11 is 0. The van der Waals surface area contributed by atoms with Gasteiger partial charge in [-0.25, -0.2) is 0 Å². The highest BCUT2D eigenvalue weighted by molar-refractivity contribution is 5.64. The van der Waals surface area contributed by atoms with Gasteiger partial charge in [-0.3, -0.25) is 4.79 Å². The Kier molecular flexibility index (Phi) is 9.90. The summed E-state index contributed by atoms with van der Waals surface area (Å²) in [5.41, 5.74) is 0. The second-order valence-electron chi connectivity index (χ2n) is 3.12. The molecule has 1 heteroatoms. The SMILES string of the molecule is CCCCCCCC/C=C/C=O. The van der Waals surface area contributed by atoms with Crippen molar-refractivity contribution in [2.24, 2.45) is 0 Å². The molecule has 0 heterocycles. The highest BCUT2D eigenvalue weighted by Crippen LogP contribution is 2.06. The fraction of sp³-hybridized carbons (Fsp3) is 0.727. The molecule has 0 aromatic carbocycles. The van der Waals surface area contributed by atoms with Crippen molar-refractivity contribution in [3.63, 3.8) is 0 Å². The van der Waals surface area contributed by atoms with Gasteiger partial charge in [0.1, 0.15) is 6.29 Å². The largest absolute Gasteiger partial charge is 0.299 e. The average molecular weight is 168 g/mol. The number of carbonyl (C=O) groups is 1. The van der Waals surface area contributed by atoms with Crippen LogP contribution in [-0.4, -0.2) is 6.29 Å². The summed E-state index contributed by atoms with van der Waals surface area (Å²) in [4.78, 5) is 9.89. The van der Waals surface area contributed by atoms with Gasteiger partial charge in [-0.05, 0) is 18.9 Å². The quantitative estimate of drug-likeness (QED) is 0.308. The van der Waals surface area contributed by atoms with Crippen LogP contribution in [0.1, 0.15) is 51.9 Å². The molecule has 1 nitrogen and oxygen atoms in total. The zero-order valence-corrected chi connectivity index (χ0v) is 8.09. The van der Waals surface area contributed by atoms with E-state index in [0.29, 0.717) is 0 Å². The lowest BCUT2D eigenvalue weighted by Crippen LogP contribution is -1.77. The normalized spacial score (nSPS) is 10.8. The van der Waals surface area contributed by atoms with Crippen LogP contribution in [0.15, 0.2) is 12.2 Å². The number of hydrogen-bond acceptors (Lipinski definition) is 1. The number of aldehydes is 1. The molecule has 0 atom stereocenters. The summed E-state index contributed by atoms with van der Waals surface area (Å²) < 4.78 is 0. The van der Waals surface area contributed by atoms with E-state index in [2.05, 4.69) is 6.92 Å². The minimum absolute atomic E-state index is 0.844. The molecule has 0 spiro atoms. The monoisotopic (exact) mass is 168 g/mol. The molecule has 0 saturated heterocycles. The Morgan fingerprint density at radius 2 is 1.67 bits per heavy atom. The van der Waals surface area contributed by atoms with E-state index in [-0.39, 0.29) is 0 Å². The molecule has 0 aliphatic heterocycles. The Morgan fingerprint density at radius 3 is 2.33 bits per heavy atom. The van der Waals surface area contributed by atoms with Gasteiger partial charge in [0.15, 0.2) is 0 Å². The van der Waals surface area contributed by atoms with Crippen molar-refractivity contribution in [3.05, 3.63) is 12.2 Å². The molecule has 0 fully saturated rings. The first-order valence-electron chi connectivity index (χ1n) is 5.02. The third kappa shape index (κ3) is 9.41. The number of allylic oxidation sites excluding steroid dienone is 2. The van der Waals surface area contributed by atoms with Crippen molar-refractivity contribution in [2.45, 2.75) is 51.9 Å². The lowest BCUT2D eigenvalue weighted by Gasteiger charge is -1.96. The molecule has 0 radical (unpaired) electrons. The van der Waals surface area contributed by atoms with Crippen LogP contribution in [0.3, 0.4) is 0 Å². The molecule has 0 rings (SSSR count). The second-order valence-corrected chi connectivity index (χ2v) is 3.12. The van der Waals surface area contributed by atoms with E-state index >= 15 is 0 Å². The first-order valence-corrected chi connectivity index (χ1v) is 5.02. The molecule has 0 amide bonds. The number of hydrogen-bond donors (Lipinski definition) is 0. The van der Waals surface area contributed by atoms with Crippen LogP contribution in [-0.2, 0) is 4.79 Å². The van der Waals surface area contributed by atoms with Crippen LogP contribution >= 0.6 is 0 Å². The highest BCUT2D eigenvalue weighted by Gasteiger charge is 1.87. The Hall–Kier alpha value is -0.590. The second kappa shape index (κ2) is 10.4. The zero-order valence-electron chi connectivity index (χ0n) is 8.09. The number of carbonyl (C=O) groups excluding carboxylic acids is 1. The summed E-state index contributed by atoms with van der Waals surface area (Å²) in [6.07, 6.45) is 13.4. The molecule has 70 valence electrons. The van der Waals surface area contributed by atoms with Crippen molar-refractivity contribution in [1.82, 2.24) is 0 Å². The maximum absolute atomic E-state index is 9.89. The molecule has 0 bridgehead atoms. The van der Waals surface area contributed by atoms with Gasteiger partial charge >= 0.3 is 0 Å². The maximum atomic E-state index is 9.89. The van der Waals surface area contributed by atoms with Crippen LogP contribution in [0, 0.1) is 0 Å². The molecule has 0 saturated carbocycles. The summed E-state index contributed by atoms with van der Waals surface area (Å²) in [5, 5.41) is 0. The minimum atomic E-state index is 0.844. The van der Waals surface area contributed by atoms with Gasteiger partial charge in [-0.1, -0.05) is 45.1 Å². The molecule has 0 N–H and O–H groups in total. The van der Waals surface area contributed by atoms with Crippen molar-refractivity contribution in [2.75, 3.05) is 0 Å².